The van der Waals surface area contributed by atoms with Gasteiger partial charge in [-0.15, -0.1) is 0 Å². The molecule has 32 heavy (non-hydrogen) atoms. The summed E-state index contributed by atoms with van der Waals surface area (Å²) >= 11 is 0. The minimum atomic E-state index is -4.22. The van der Waals surface area contributed by atoms with Crippen LogP contribution in [0.3, 0.4) is 0 Å². The van der Waals surface area contributed by atoms with Crippen molar-refractivity contribution < 1.29 is 31.5 Å². The Morgan fingerprint density at radius 3 is 2.44 bits per heavy atom. The lowest BCUT2D eigenvalue weighted by Gasteiger charge is -2.30. The summed E-state index contributed by atoms with van der Waals surface area (Å²) in [6.07, 6.45) is 0.967. The fourth-order valence-electron chi connectivity index (χ4n) is 3.44. The number of hydrogen-bond donors (Lipinski definition) is 1. The number of hydrogen-bond acceptors (Lipinski definition) is 5. The highest BCUT2D eigenvalue weighted by Gasteiger charge is 2.34. The van der Waals surface area contributed by atoms with Crippen molar-refractivity contribution in [2.45, 2.75) is 24.2 Å². The summed E-state index contributed by atoms with van der Waals surface area (Å²) in [6, 6.07) is 11.9. The fraction of sp³-hybridized carbons (Fsp3) is 0.364. The summed E-state index contributed by atoms with van der Waals surface area (Å²) in [5.74, 6) is -3.47. The van der Waals surface area contributed by atoms with E-state index in [-0.39, 0.29) is 25.9 Å². The van der Waals surface area contributed by atoms with Gasteiger partial charge in [-0.05, 0) is 43.0 Å². The van der Waals surface area contributed by atoms with Crippen LogP contribution in [-0.4, -0.2) is 50.8 Å². The Morgan fingerprint density at radius 1 is 1.06 bits per heavy atom. The van der Waals surface area contributed by atoms with E-state index in [0.29, 0.717) is 19.0 Å². The highest BCUT2D eigenvalue weighted by Crippen LogP contribution is 2.26. The lowest BCUT2D eigenvalue weighted by atomic mass is 9.98. The predicted octanol–water partition coefficient (Wildman–Crippen LogP) is 2.27. The summed E-state index contributed by atoms with van der Waals surface area (Å²) in [7, 11) is -4.22. The highest BCUT2D eigenvalue weighted by atomic mass is 32.2. The lowest BCUT2D eigenvalue weighted by molar-refractivity contribution is -0.153. The molecule has 2 aromatic rings. The number of nitrogens with one attached hydrogen (secondary N) is 1. The molecule has 1 fully saturated rings. The van der Waals surface area contributed by atoms with Crippen molar-refractivity contribution in [1.82, 2.24) is 9.62 Å². The van der Waals surface area contributed by atoms with E-state index in [1.165, 1.54) is 0 Å². The molecule has 0 radical (unpaired) electrons. The predicted molar refractivity (Wildman–Crippen MR) is 112 cm³/mol. The number of esters is 1. The second-order valence-corrected chi connectivity index (χ2v) is 9.35. The molecule has 0 saturated carbocycles. The Morgan fingerprint density at radius 2 is 1.75 bits per heavy atom. The van der Waals surface area contributed by atoms with Gasteiger partial charge in [0.05, 0.1) is 5.92 Å². The molecule has 0 unspecified atom stereocenters. The molecule has 0 aromatic heterocycles. The Hall–Kier alpha value is -2.85. The van der Waals surface area contributed by atoms with Gasteiger partial charge in [0.15, 0.2) is 6.61 Å². The van der Waals surface area contributed by atoms with E-state index in [2.05, 4.69) is 5.32 Å². The van der Waals surface area contributed by atoms with Crippen molar-refractivity contribution in [2.75, 3.05) is 26.2 Å². The van der Waals surface area contributed by atoms with Crippen molar-refractivity contribution in [3.8, 4) is 0 Å². The maximum absolute atomic E-state index is 13.9. The number of halogens is 2. The van der Waals surface area contributed by atoms with Crippen LogP contribution in [0.4, 0.5) is 8.78 Å². The monoisotopic (exact) mass is 466 g/mol. The first-order chi connectivity index (χ1) is 15.3. The normalized spacial score (nSPS) is 15.3. The molecule has 7 nitrogen and oxygen atoms in total. The number of amides is 1. The van der Waals surface area contributed by atoms with Crippen molar-refractivity contribution in [2.24, 2.45) is 5.92 Å². The number of ether oxygens (including phenoxy) is 1. The molecule has 0 bridgehead atoms. The average molecular weight is 467 g/mol. The zero-order valence-corrected chi connectivity index (χ0v) is 18.1. The Bertz CT molecular complexity index is 1060. The molecule has 10 heteroatoms. The van der Waals surface area contributed by atoms with Crippen LogP contribution in [0.25, 0.3) is 0 Å². The van der Waals surface area contributed by atoms with Gasteiger partial charge in [0.2, 0.25) is 10.0 Å². The van der Waals surface area contributed by atoms with E-state index in [1.807, 2.05) is 30.3 Å². The van der Waals surface area contributed by atoms with E-state index in [0.717, 1.165) is 22.0 Å². The molecule has 0 aliphatic carbocycles. The largest absolute Gasteiger partial charge is 0.455 e. The first-order valence-corrected chi connectivity index (χ1v) is 11.6. The van der Waals surface area contributed by atoms with Crippen LogP contribution in [0.15, 0.2) is 53.4 Å². The first kappa shape index (κ1) is 23.8. The Kier molecular flexibility index (Phi) is 7.92. The smallest absolute Gasteiger partial charge is 0.309 e. The van der Waals surface area contributed by atoms with Gasteiger partial charge in [-0.1, -0.05) is 30.3 Å². The Balaban J connectivity index is 1.43. The second kappa shape index (κ2) is 10.6. The molecule has 1 aliphatic rings. The van der Waals surface area contributed by atoms with Crippen molar-refractivity contribution >= 4 is 21.9 Å². The molecule has 2 aromatic carbocycles. The van der Waals surface area contributed by atoms with Gasteiger partial charge in [0.1, 0.15) is 16.5 Å². The van der Waals surface area contributed by atoms with Crippen LogP contribution in [0, 0.1) is 17.6 Å². The third-order valence-electron chi connectivity index (χ3n) is 5.22. The minimum Gasteiger partial charge on any atom is -0.455 e. The Labute approximate surface area is 185 Å². The summed E-state index contributed by atoms with van der Waals surface area (Å²) in [6.45, 7) is -0.0867. The molecule has 1 amide bonds. The molecule has 1 saturated heterocycles. The van der Waals surface area contributed by atoms with Gasteiger partial charge >= 0.3 is 5.97 Å². The number of carbonyl (C=O) groups excluding carboxylic acids is 2. The van der Waals surface area contributed by atoms with Gasteiger partial charge in [0, 0.05) is 19.6 Å². The SMILES string of the molecule is O=C(COC(=O)C1CCN(S(=O)(=O)c2cc(F)ccc2F)CC1)NCCc1ccccc1. The van der Waals surface area contributed by atoms with Gasteiger partial charge < -0.3 is 10.1 Å². The van der Waals surface area contributed by atoms with Gasteiger partial charge in [0.25, 0.3) is 5.91 Å². The number of benzene rings is 2. The lowest BCUT2D eigenvalue weighted by Crippen LogP contribution is -2.41. The second-order valence-electron chi connectivity index (χ2n) is 7.45. The van der Waals surface area contributed by atoms with E-state index in [1.54, 1.807) is 0 Å². The van der Waals surface area contributed by atoms with Crippen LogP contribution in [0.2, 0.25) is 0 Å². The van der Waals surface area contributed by atoms with Crippen LogP contribution in [0.5, 0.6) is 0 Å². The molecule has 172 valence electrons. The number of nitrogens with zero attached hydrogens (tertiary/aromatic N) is 1. The van der Waals surface area contributed by atoms with Crippen LogP contribution >= 0.6 is 0 Å². The topological polar surface area (TPSA) is 92.8 Å². The maximum Gasteiger partial charge on any atom is 0.309 e. The summed E-state index contributed by atoms with van der Waals surface area (Å²) in [4.78, 5) is 23.4. The number of sulfonamides is 1. The molecule has 3 rings (SSSR count). The number of carbonyl (C=O) groups is 2. The van der Waals surface area contributed by atoms with Crippen molar-refractivity contribution in [3.05, 3.63) is 65.7 Å². The average Bonchev–Trinajstić information content (AvgIpc) is 2.79. The van der Waals surface area contributed by atoms with Crippen molar-refractivity contribution in [1.29, 1.82) is 0 Å². The zero-order valence-electron chi connectivity index (χ0n) is 17.3. The van der Waals surface area contributed by atoms with E-state index < -0.39 is 51.0 Å². The van der Waals surface area contributed by atoms with Gasteiger partial charge in [-0.2, -0.15) is 4.31 Å². The molecule has 0 spiro atoms. The minimum absolute atomic E-state index is 0.0404. The maximum atomic E-state index is 13.9. The van der Waals surface area contributed by atoms with E-state index >= 15 is 0 Å². The van der Waals surface area contributed by atoms with Crippen LogP contribution < -0.4 is 5.32 Å². The zero-order chi connectivity index (χ0) is 23.1. The third-order valence-corrected chi connectivity index (χ3v) is 7.14. The number of rotatable bonds is 8. The third kappa shape index (κ3) is 6.10. The summed E-state index contributed by atoms with van der Waals surface area (Å²) < 4.78 is 58.6. The van der Waals surface area contributed by atoms with Gasteiger partial charge in [-0.25, -0.2) is 17.2 Å². The first-order valence-electron chi connectivity index (χ1n) is 10.2. The molecule has 0 atom stereocenters. The van der Waals surface area contributed by atoms with Crippen LogP contribution in [-0.2, 0) is 30.8 Å². The fourth-order valence-corrected chi connectivity index (χ4v) is 4.99. The van der Waals surface area contributed by atoms with Crippen LogP contribution in [0.1, 0.15) is 18.4 Å². The summed E-state index contributed by atoms with van der Waals surface area (Å²) in [5.41, 5.74) is 1.07. The molecule has 1 heterocycles. The molecular weight excluding hydrogens is 442 g/mol. The quantitative estimate of drug-likeness (QED) is 0.603. The molecular formula is C22H24F2N2O5S. The molecule has 1 aliphatic heterocycles. The standard InChI is InChI=1S/C22H24F2N2O5S/c23-18-6-7-19(24)20(14-18)32(29,30)26-12-9-17(10-13-26)22(28)31-15-21(27)25-11-8-16-4-2-1-3-5-16/h1-7,14,17H,8-13,15H2,(H,25,27). The highest BCUT2D eigenvalue weighted by molar-refractivity contribution is 7.89. The summed E-state index contributed by atoms with van der Waals surface area (Å²) in [5, 5.41) is 2.67. The van der Waals surface area contributed by atoms with Gasteiger partial charge in [-0.3, -0.25) is 9.59 Å². The molecule has 1 N–H and O–H groups in total. The van der Waals surface area contributed by atoms with E-state index in [4.69, 9.17) is 4.74 Å². The van der Waals surface area contributed by atoms with E-state index in [9.17, 15) is 26.8 Å². The number of piperidine rings is 1. The van der Waals surface area contributed by atoms with Crippen molar-refractivity contribution in [3.63, 3.8) is 0 Å².